The molecule has 1 aromatic rings. The van der Waals surface area contributed by atoms with Crippen molar-refractivity contribution >= 4 is 12.0 Å². The van der Waals surface area contributed by atoms with E-state index >= 15 is 0 Å². The van der Waals surface area contributed by atoms with Gasteiger partial charge < -0.3 is 0 Å². The highest BCUT2D eigenvalue weighted by Gasteiger charge is 2.12. The number of hydrogen-bond donors (Lipinski definition) is 0. The largest absolute Gasteiger partial charge is 0.294 e. The van der Waals surface area contributed by atoms with E-state index in [1.807, 2.05) is 6.92 Å². The molecule has 3 nitrogen and oxygen atoms in total. The second-order valence-corrected chi connectivity index (χ2v) is 2.68. The predicted octanol–water partition coefficient (Wildman–Crippen LogP) is 6.82. The number of carbonyl (C=O) groups excluding carboxylic acids is 1. The van der Waals surface area contributed by atoms with E-state index in [2.05, 4.69) is 5.10 Å². The molecule has 0 radical (unpaired) electrons. The van der Waals surface area contributed by atoms with Crippen molar-refractivity contribution in [1.29, 1.82) is 0 Å². The van der Waals surface area contributed by atoms with Crippen molar-refractivity contribution in [2.45, 2.75) is 13.3 Å². The van der Waals surface area contributed by atoms with Gasteiger partial charge in [-0.3, -0.25) is 9.50 Å². The first-order chi connectivity index (χ1) is 12.3. The minimum absolute atomic E-state index is 0. The molecule has 0 aromatic carbocycles. The van der Waals surface area contributed by atoms with E-state index < -0.39 is 0 Å². The third kappa shape index (κ3) is 23.8. The van der Waals surface area contributed by atoms with Crippen LogP contribution in [0.15, 0.2) is 12.3 Å². The van der Waals surface area contributed by atoms with Crippen molar-refractivity contribution in [3.05, 3.63) is 23.5 Å². The zero-order valence-electron chi connectivity index (χ0n) is 11.9. The molecule has 26 heavy (non-hydrogen) atoms. The number of aryl methyl sites for hydroxylation is 1. The van der Waals surface area contributed by atoms with Gasteiger partial charge in [-0.15, -0.1) is 0 Å². The molecule has 1 aliphatic heterocycles. The van der Waals surface area contributed by atoms with Gasteiger partial charge in [-0.1, -0.05) is 0 Å². The van der Waals surface area contributed by atoms with Crippen LogP contribution in [0.3, 0.4) is 0 Å². The zero-order valence-corrected chi connectivity index (χ0v) is 11.9. The van der Waals surface area contributed by atoms with Gasteiger partial charge in [-0.25, -0.2) is 4.68 Å². The number of fused-ring (bicyclic) bond motifs is 1. The van der Waals surface area contributed by atoms with Gasteiger partial charge >= 0.3 is 0 Å². The summed E-state index contributed by atoms with van der Waals surface area (Å²) < 4.78 is 114. The summed E-state index contributed by atoms with van der Waals surface area (Å²) in [6.45, 7) is 1.96. The van der Waals surface area contributed by atoms with Gasteiger partial charge in [-0.2, -0.15) is 5.10 Å². The van der Waals surface area contributed by atoms with Crippen molar-refractivity contribution in [2.24, 2.45) is 0 Å². The van der Waals surface area contributed by atoms with Crippen LogP contribution in [0, 0.1) is 6.92 Å². The summed E-state index contributed by atoms with van der Waals surface area (Å²) in [5.41, 5.74) is 2.10. The fraction of sp³-hybridized carbons (Fsp3) is 0.250. The smallest absolute Gasteiger partial charge is 0.163 e. The Hall–Kier alpha value is -2.43. The highest BCUT2D eigenvalue weighted by Crippen LogP contribution is 2.12. The lowest BCUT2D eigenvalue weighted by molar-refractivity contribution is -0.114. The Morgan fingerprint density at radius 2 is 1.15 bits per heavy atom. The van der Waals surface area contributed by atoms with Crippen LogP contribution >= 0.6 is 0 Å². The second kappa shape index (κ2) is 49.5. The van der Waals surface area contributed by atoms with E-state index in [0.29, 0.717) is 6.42 Å². The van der Waals surface area contributed by atoms with Crippen molar-refractivity contribution in [1.82, 2.24) is 9.78 Å². The topological polar surface area (TPSA) is 34.9 Å². The number of nitrogens with zero attached hydrogens (tertiary/aromatic N) is 2. The van der Waals surface area contributed by atoms with Gasteiger partial charge in [0.05, 0.1) is 18.3 Å². The van der Waals surface area contributed by atoms with Crippen LogP contribution in [0.1, 0.15) is 11.3 Å². The molecule has 0 unspecified atom stereocenters. The number of rotatable bonds is 0. The van der Waals surface area contributed by atoms with E-state index in [-0.39, 0.29) is 10.5 Å². The van der Waals surface area contributed by atoms with Crippen LogP contribution in [0.2, 0.25) is 0 Å². The molecular formula is C8H9F15N2O. The highest BCUT2D eigenvalue weighted by molar-refractivity contribution is 5.95. The average molecular weight is 434 g/mol. The predicted molar refractivity (Wildman–Crippen MR) is 59.0 cm³/mol. The minimum Gasteiger partial charge on any atom is -0.294 e. The van der Waals surface area contributed by atoms with Crippen molar-refractivity contribution in [3.63, 3.8) is 0 Å². The Morgan fingerprint density at radius 3 is 1.50 bits per heavy atom. The molecule has 0 bridgehead atoms. The summed E-state index contributed by atoms with van der Waals surface area (Å²) in [7, 11) is 0. The molecular weight excluding hydrogens is 425 g/mol. The summed E-state index contributed by atoms with van der Waals surface area (Å²) in [4.78, 5) is 10.9. The molecule has 2 rings (SSSR count). The van der Waals surface area contributed by atoms with Crippen LogP contribution in [0.5, 0.6) is 0 Å². The molecule has 18 heteroatoms. The Morgan fingerprint density at radius 1 is 0.808 bits per heavy atom. The van der Waals surface area contributed by atoms with E-state index in [1.165, 1.54) is 0 Å². The van der Waals surface area contributed by atoms with E-state index in [9.17, 15) is 4.79 Å². The monoisotopic (exact) mass is 434 g/mol. The zero-order chi connectivity index (χ0) is 21.8. The van der Waals surface area contributed by atoms with Gasteiger partial charge in [0.2, 0.25) is 0 Å². The van der Waals surface area contributed by atoms with Gasteiger partial charge in [-0.05, 0) is 18.6 Å². The molecule has 0 fully saturated rings. The Labute approximate surface area is 133 Å². The molecule has 0 saturated heterocycles. The van der Waals surface area contributed by atoms with Crippen LogP contribution in [-0.2, 0) is 11.2 Å². The SMILES string of the molecule is Cc1cnn2c1CC(=O)C=C2.F.FF.FF.FF.FF.FF.FF.FF. The lowest BCUT2D eigenvalue weighted by Gasteiger charge is -2.05. The molecule has 1 aliphatic rings. The maximum atomic E-state index is 10.9. The van der Waals surface area contributed by atoms with Gasteiger partial charge in [0.25, 0.3) is 0 Å². The van der Waals surface area contributed by atoms with E-state index in [1.54, 1.807) is 23.2 Å². The Balaban J connectivity index is -0.0000000415. The number of hydrogen-bond acceptors (Lipinski definition) is 2. The number of ketones is 1. The van der Waals surface area contributed by atoms with E-state index in [0.717, 1.165) is 11.3 Å². The lowest BCUT2D eigenvalue weighted by atomic mass is 10.1. The Bertz CT molecular complexity index is 361. The molecule has 1 aromatic heterocycles. The maximum Gasteiger partial charge on any atom is 0.163 e. The first kappa shape index (κ1) is 43.7. The minimum atomic E-state index is 0. The third-order valence-electron chi connectivity index (χ3n) is 1.85. The van der Waals surface area contributed by atoms with Crippen LogP contribution < -0.4 is 0 Å². The van der Waals surface area contributed by atoms with Crippen molar-refractivity contribution in [2.75, 3.05) is 0 Å². The lowest BCUT2D eigenvalue weighted by Crippen LogP contribution is -2.10. The summed E-state index contributed by atoms with van der Waals surface area (Å²) in [5, 5.41) is 4.07. The fourth-order valence-electron chi connectivity index (χ4n) is 1.20. The molecule has 162 valence electrons. The van der Waals surface area contributed by atoms with Gasteiger partial charge in [0.15, 0.2) is 5.78 Å². The van der Waals surface area contributed by atoms with Crippen LogP contribution in [0.4, 0.5) is 68.7 Å². The molecule has 0 saturated carbocycles. The Kier molecular flexibility index (Phi) is 83.2. The van der Waals surface area contributed by atoms with Crippen molar-refractivity contribution in [3.8, 4) is 0 Å². The summed E-state index contributed by atoms with van der Waals surface area (Å²) >= 11 is 0. The molecule has 0 atom stereocenters. The second-order valence-electron chi connectivity index (χ2n) is 2.68. The molecule has 0 amide bonds. The molecule has 2 heterocycles. The number of aromatic nitrogens is 2. The van der Waals surface area contributed by atoms with E-state index in [4.69, 9.17) is 64.0 Å². The van der Waals surface area contributed by atoms with Crippen LogP contribution in [0.25, 0.3) is 6.20 Å². The van der Waals surface area contributed by atoms with Crippen molar-refractivity contribution < 1.29 is 73.5 Å². The quantitative estimate of drug-likeness (QED) is 0.420. The van der Waals surface area contributed by atoms with Crippen LogP contribution in [-0.4, -0.2) is 15.6 Å². The summed E-state index contributed by atoms with van der Waals surface area (Å²) in [5.74, 6) is 0.154. The fourth-order valence-corrected chi connectivity index (χ4v) is 1.20. The first-order valence-corrected chi connectivity index (χ1v) is 4.51. The normalized spacial score (nSPS) is 8.04. The molecule has 0 N–H and O–H groups in total. The first-order valence-electron chi connectivity index (χ1n) is 4.51. The van der Waals surface area contributed by atoms with Gasteiger partial charge in [0.1, 0.15) is 0 Å². The van der Waals surface area contributed by atoms with Gasteiger partial charge in [0, 0.05) is 70.2 Å². The summed E-state index contributed by atoms with van der Waals surface area (Å²) in [6.07, 6.45) is 5.52. The standard InChI is InChI=1S/C8H8N2O.7F2.FH/c1-6-5-9-10-3-2-7(11)4-8(6)10;7*1-2;/h2-3,5H,4H2,1H3;;;;;;;;1H. The summed E-state index contributed by atoms with van der Waals surface area (Å²) in [6, 6.07) is 0. The third-order valence-corrected chi connectivity index (χ3v) is 1.85. The number of carbonyl (C=O) groups is 1. The number of halogens is 15. The molecule has 0 aliphatic carbocycles. The molecule has 0 spiro atoms. The number of allylic oxidation sites excluding steroid dienone is 1. The maximum absolute atomic E-state index is 10.9. The highest BCUT2D eigenvalue weighted by atomic mass is 20.0. The average Bonchev–Trinajstić information content (AvgIpc) is 3.13.